The van der Waals surface area contributed by atoms with Crippen molar-refractivity contribution in [2.24, 2.45) is 23.2 Å². The highest BCUT2D eigenvalue weighted by molar-refractivity contribution is 5.95. The number of hydrogen-bond donors (Lipinski definition) is 3. The molecule has 4 fully saturated rings. The zero-order valence-corrected chi connectivity index (χ0v) is 18.2. The molecule has 160 valence electrons. The first kappa shape index (κ1) is 20.9. The van der Waals surface area contributed by atoms with Crippen molar-refractivity contribution in [3.05, 3.63) is 34.9 Å². The molecular formula is C25H38N2O2. The van der Waals surface area contributed by atoms with Crippen molar-refractivity contribution in [3.63, 3.8) is 0 Å². The van der Waals surface area contributed by atoms with E-state index in [2.05, 4.69) is 28.8 Å². The van der Waals surface area contributed by atoms with Gasteiger partial charge in [-0.3, -0.25) is 4.79 Å². The number of nitrogens with one attached hydrogen (secondary N) is 2. The number of benzene rings is 1. The molecule has 4 heteroatoms. The van der Waals surface area contributed by atoms with Gasteiger partial charge in [0.25, 0.3) is 5.91 Å². The van der Waals surface area contributed by atoms with Crippen molar-refractivity contribution in [1.29, 1.82) is 0 Å². The van der Waals surface area contributed by atoms with Gasteiger partial charge in [-0.25, -0.2) is 0 Å². The maximum Gasteiger partial charge on any atom is 0.251 e. The lowest BCUT2D eigenvalue weighted by Crippen LogP contribution is -2.51. The lowest BCUT2D eigenvalue weighted by molar-refractivity contribution is -0.0503. The third-order valence-corrected chi connectivity index (χ3v) is 7.74. The maximum absolute atomic E-state index is 13.0. The van der Waals surface area contributed by atoms with E-state index in [1.165, 1.54) is 44.1 Å². The zero-order chi connectivity index (χ0) is 20.4. The van der Waals surface area contributed by atoms with Gasteiger partial charge in [0.15, 0.2) is 0 Å². The first-order valence-corrected chi connectivity index (χ1v) is 11.7. The Balaban J connectivity index is 1.32. The second-order valence-electron chi connectivity index (χ2n) is 10.4. The number of carbonyl (C=O) groups is 1. The fourth-order valence-electron chi connectivity index (χ4n) is 6.64. The summed E-state index contributed by atoms with van der Waals surface area (Å²) in [6.07, 6.45) is 10.3. The van der Waals surface area contributed by atoms with Crippen molar-refractivity contribution >= 4 is 5.91 Å². The van der Waals surface area contributed by atoms with Gasteiger partial charge in [-0.1, -0.05) is 12.1 Å². The van der Waals surface area contributed by atoms with Crippen molar-refractivity contribution in [2.45, 2.75) is 71.3 Å². The largest absolute Gasteiger partial charge is 0.395 e. The van der Waals surface area contributed by atoms with Crippen LogP contribution in [-0.2, 0) is 6.42 Å². The lowest BCUT2D eigenvalue weighted by atomic mass is 9.49. The molecule has 4 saturated carbocycles. The van der Waals surface area contributed by atoms with Crippen molar-refractivity contribution in [1.82, 2.24) is 10.6 Å². The molecule has 4 aliphatic carbocycles. The van der Waals surface area contributed by atoms with Gasteiger partial charge < -0.3 is 15.7 Å². The summed E-state index contributed by atoms with van der Waals surface area (Å²) in [5.41, 5.74) is 3.49. The van der Waals surface area contributed by atoms with Crippen LogP contribution in [0.15, 0.2) is 18.2 Å². The molecule has 0 heterocycles. The van der Waals surface area contributed by atoms with Gasteiger partial charge in [0, 0.05) is 18.2 Å². The molecule has 0 aromatic heterocycles. The molecule has 1 aromatic carbocycles. The average Bonchev–Trinajstić information content (AvgIpc) is 2.69. The highest BCUT2D eigenvalue weighted by Gasteiger charge is 2.50. The molecule has 0 radical (unpaired) electrons. The van der Waals surface area contributed by atoms with E-state index in [0.29, 0.717) is 5.41 Å². The van der Waals surface area contributed by atoms with Gasteiger partial charge in [-0.2, -0.15) is 0 Å². The van der Waals surface area contributed by atoms with E-state index >= 15 is 0 Å². The zero-order valence-electron chi connectivity index (χ0n) is 18.2. The summed E-state index contributed by atoms with van der Waals surface area (Å²) < 4.78 is 0. The molecule has 0 aliphatic heterocycles. The van der Waals surface area contributed by atoms with Crippen LogP contribution in [0.25, 0.3) is 0 Å². The highest BCUT2D eigenvalue weighted by atomic mass is 16.3. The monoisotopic (exact) mass is 398 g/mol. The molecule has 0 saturated heterocycles. The molecule has 5 rings (SSSR count). The Morgan fingerprint density at radius 1 is 1.17 bits per heavy atom. The summed E-state index contributed by atoms with van der Waals surface area (Å²) in [6.45, 7) is 5.93. The van der Waals surface area contributed by atoms with Crippen LogP contribution >= 0.6 is 0 Å². The number of aryl methyl sites for hydroxylation is 2. The predicted molar refractivity (Wildman–Crippen MR) is 117 cm³/mol. The Morgan fingerprint density at radius 3 is 2.45 bits per heavy atom. The van der Waals surface area contributed by atoms with Gasteiger partial charge in [-0.15, -0.1) is 0 Å². The Kier molecular flexibility index (Phi) is 6.31. The third-order valence-electron chi connectivity index (χ3n) is 7.74. The summed E-state index contributed by atoms with van der Waals surface area (Å²) in [5.74, 6) is 2.87. The number of amides is 1. The van der Waals surface area contributed by atoms with Crippen LogP contribution in [-0.4, -0.2) is 36.8 Å². The third kappa shape index (κ3) is 4.86. The molecule has 4 nitrogen and oxygen atoms in total. The number of rotatable bonds is 9. The minimum Gasteiger partial charge on any atom is -0.395 e. The first-order valence-electron chi connectivity index (χ1n) is 11.7. The minimum absolute atomic E-state index is 0.104. The number of hydrogen-bond acceptors (Lipinski definition) is 3. The lowest BCUT2D eigenvalue weighted by Gasteiger charge is -2.56. The van der Waals surface area contributed by atoms with Gasteiger partial charge >= 0.3 is 0 Å². The Morgan fingerprint density at radius 2 is 1.83 bits per heavy atom. The Hall–Kier alpha value is -1.39. The quantitative estimate of drug-likeness (QED) is 0.554. The minimum atomic E-state index is 0.104. The van der Waals surface area contributed by atoms with Crippen LogP contribution < -0.4 is 10.6 Å². The summed E-state index contributed by atoms with van der Waals surface area (Å²) in [4.78, 5) is 13.0. The molecule has 0 spiro atoms. The fourth-order valence-corrected chi connectivity index (χ4v) is 6.64. The Bertz CT molecular complexity index is 694. The maximum atomic E-state index is 13.0. The van der Waals surface area contributed by atoms with Crippen LogP contribution in [0, 0.1) is 30.1 Å². The SMILES string of the molecule is Cc1ccc(CCCN[C@H](C)CO)cc1C(=O)NCC12CC3CC(CC(C3)C1)C2. The number of aliphatic hydroxyl groups excluding tert-OH is 1. The normalized spacial score (nSPS) is 31.1. The standard InChI is InChI=1S/C25H38N2O2/c1-17-5-6-19(4-3-7-26-18(2)15-28)11-23(17)24(29)27-16-25-12-20-8-21(13-25)10-22(9-20)14-25/h5-6,11,18,20-22,26,28H,3-4,7-10,12-16H2,1-2H3,(H,27,29)/t18-,20?,21?,22?,25?/m1/s1. The van der Waals surface area contributed by atoms with E-state index in [-0.39, 0.29) is 18.6 Å². The molecule has 1 aromatic rings. The van der Waals surface area contributed by atoms with Crippen LogP contribution in [0.2, 0.25) is 0 Å². The Labute approximate surface area is 175 Å². The van der Waals surface area contributed by atoms with Gasteiger partial charge in [0.2, 0.25) is 0 Å². The number of carbonyl (C=O) groups excluding carboxylic acids is 1. The second-order valence-corrected chi connectivity index (χ2v) is 10.4. The van der Waals surface area contributed by atoms with Gasteiger partial charge in [0.05, 0.1) is 6.61 Å². The molecule has 1 atom stereocenters. The average molecular weight is 399 g/mol. The summed E-state index contributed by atoms with van der Waals surface area (Å²) in [5, 5.41) is 15.7. The molecule has 1 amide bonds. The summed E-state index contributed by atoms with van der Waals surface area (Å²) in [7, 11) is 0. The van der Waals surface area contributed by atoms with Crippen LogP contribution in [0.4, 0.5) is 0 Å². The smallest absolute Gasteiger partial charge is 0.251 e. The molecule has 0 unspecified atom stereocenters. The van der Waals surface area contributed by atoms with E-state index in [1.807, 2.05) is 13.8 Å². The van der Waals surface area contributed by atoms with Crippen molar-refractivity contribution in [2.75, 3.05) is 19.7 Å². The van der Waals surface area contributed by atoms with Crippen LogP contribution in [0.5, 0.6) is 0 Å². The van der Waals surface area contributed by atoms with Crippen LogP contribution in [0.3, 0.4) is 0 Å². The molecule has 3 N–H and O–H groups in total. The highest BCUT2D eigenvalue weighted by Crippen LogP contribution is 2.59. The van der Waals surface area contributed by atoms with E-state index in [9.17, 15) is 4.79 Å². The van der Waals surface area contributed by atoms with Crippen molar-refractivity contribution in [3.8, 4) is 0 Å². The second kappa shape index (κ2) is 8.77. The summed E-state index contributed by atoms with van der Waals surface area (Å²) in [6, 6.07) is 6.44. The molecule has 4 bridgehead atoms. The predicted octanol–water partition coefficient (Wildman–Crippen LogP) is 3.84. The molecular weight excluding hydrogens is 360 g/mol. The van der Waals surface area contributed by atoms with E-state index in [1.54, 1.807) is 0 Å². The molecule has 4 aliphatic rings. The summed E-state index contributed by atoms with van der Waals surface area (Å²) >= 11 is 0. The van der Waals surface area contributed by atoms with E-state index < -0.39 is 0 Å². The number of aliphatic hydroxyl groups is 1. The van der Waals surface area contributed by atoms with Crippen molar-refractivity contribution < 1.29 is 9.90 Å². The fraction of sp³-hybridized carbons (Fsp3) is 0.720. The van der Waals surface area contributed by atoms with E-state index in [0.717, 1.165) is 54.8 Å². The van der Waals surface area contributed by atoms with Crippen LogP contribution in [0.1, 0.15) is 73.4 Å². The first-order chi connectivity index (χ1) is 14.0. The van der Waals surface area contributed by atoms with Gasteiger partial charge in [0.1, 0.15) is 0 Å². The van der Waals surface area contributed by atoms with E-state index in [4.69, 9.17) is 5.11 Å². The molecule has 29 heavy (non-hydrogen) atoms. The van der Waals surface area contributed by atoms with Gasteiger partial charge in [-0.05, 0) is 112 Å². The topological polar surface area (TPSA) is 61.4 Å².